The van der Waals surface area contributed by atoms with Crippen LogP contribution in [0.3, 0.4) is 0 Å². The minimum absolute atomic E-state index is 0.0189. The van der Waals surface area contributed by atoms with E-state index in [1.54, 1.807) is 6.07 Å². The number of halogens is 1. The van der Waals surface area contributed by atoms with Crippen LogP contribution in [0.2, 0.25) is 0 Å². The Kier molecular flexibility index (Phi) is 3.39. The predicted molar refractivity (Wildman–Crippen MR) is 65.1 cm³/mol. The van der Waals surface area contributed by atoms with Gasteiger partial charge in [-0.05, 0) is 12.0 Å². The Balaban J connectivity index is 2.48. The van der Waals surface area contributed by atoms with Crippen LogP contribution in [-0.2, 0) is 4.79 Å². The quantitative estimate of drug-likeness (QED) is 0.839. The van der Waals surface area contributed by atoms with Gasteiger partial charge in [-0.25, -0.2) is 4.39 Å². The minimum atomic E-state index is -1.21. The van der Waals surface area contributed by atoms with E-state index in [0.717, 1.165) is 5.56 Å². The van der Waals surface area contributed by atoms with E-state index in [-0.39, 0.29) is 30.7 Å². The topological polar surface area (TPSA) is 46.5 Å². The highest BCUT2D eigenvalue weighted by Gasteiger charge is 2.44. The van der Waals surface area contributed by atoms with E-state index in [9.17, 15) is 14.3 Å². The molecule has 4 heteroatoms. The van der Waals surface area contributed by atoms with Crippen molar-refractivity contribution in [1.82, 2.24) is 0 Å². The summed E-state index contributed by atoms with van der Waals surface area (Å²) < 4.78 is 18.6. The lowest BCUT2D eigenvalue weighted by molar-refractivity contribution is -0.117. The molecule has 18 heavy (non-hydrogen) atoms. The molecule has 1 aliphatic rings. The molecule has 1 N–H and O–H groups in total. The van der Waals surface area contributed by atoms with Gasteiger partial charge in [-0.1, -0.05) is 19.9 Å². The van der Waals surface area contributed by atoms with Gasteiger partial charge in [0.1, 0.15) is 30.1 Å². The monoisotopic (exact) mass is 252 g/mol. The zero-order valence-corrected chi connectivity index (χ0v) is 10.5. The van der Waals surface area contributed by atoms with Crippen molar-refractivity contribution in [2.75, 3.05) is 6.61 Å². The smallest absolute Gasteiger partial charge is 0.126 e. The molecule has 2 rings (SSSR count). The fourth-order valence-electron chi connectivity index (χ4n) is 2.78. The molecule has 0 saturated carbocycles. The lowest BCUT2D eigenvalue weighted by Gasteiger charge is -2.42. The molecule has 2 unspecified atom stereocenters. The van der Waals surface area contributed by atoms with Gasteiger partial charge < -0.3 is 14.6 Å². The molecule has 1 heterocycles. The molecule has 98 valence electrons. The van der Waals surface area contributed by atoms with E-state index in [2.05, 4.69) is 0 Å². The molecule has 0 aliphatic carbocycles. The van der Waals surface area contributed by atoms with Crippen molar-refractivity contribution in [3.63, 3.8) is 0 Å². The van der Waals surface area contributed by atoms with Gasteiger partial charge in [-0.15, -0.1) is 0 Å². The van der Waals surface area contributed by atoms with Crippen molar-refractivity contribution in [3.05, 3.63) is 29.6 Å². The molecule has 0 radical (unpaired) electrons. The van der Waals surface area contributed by atoms with E-state index >= 15 is 0 Å². The second-order valence-electron chi connectivity index (χ2n) is 5.17. The first kappa shape index (κ1) is 13.0. The number of fused-ring (bicyclic) bond motifs is 1. The normalized spacial score (nSPS) is 26.6. The van der Waals surface area contributed by atoms with Gasteiger partial charge in [0.15, 0.2) is 0 Å². The number of carbonyl (C=O) groups excluding carboxylic acids is 1. The summed E-state index contributed by atoms with van der Waals surface area (Å²) in [4.78, 5) is 10.7. The van der Waals surface area contributed by atoms with Gasteiger partial charge in [0.2, 0.25) is 0 Å². The minimum Gasteiger partial charge on any atom is -0.490 e. The van der Waals surface area contributed by atoms with Crippen LogP contribution in [0.5, 0.6) is 5.75 Å². The molecule has 1 aromatic rings. The number of aldehydes is 1. The maximum absolute atomic E-state index is 13.2. The van der Waals surface area contributed by atoms with Gasteiger partial charge >= 0.3 is 0 Å². The summed E-state index contributed by atoms with van der Waals surface area (Å²) in [5.41, 5.74) is -0.442. The van der Waals surface area contributed by atoms with Gasteiger partial charge in [-0.2, -0.15) is 0 Å². The molecule has 3 nitrogen and oxygen atoms in total. The van der Waals surface area contributed by atoms with Crippen molar-refractivity contribution in [3.8, 4) is 5.75 Å². The molecular formula is C14H17FO3. The molecule has 1 aliphatic heterocycles. The number of benzene rings is 1. The summed E-state index contributed by atoms with van der Waals surface area (Å²) in [6.07, 6.45) is 0.722. The van der Waals surface area contributed by atoms with Crippen LogP contribution >= 0.6 is 0 Å². The van der Waals surface area contributed by atoms with Crippen molar-refractivity contribution in [2.24, 2.45) is 5.92 Å². The van der Waals surface area contributed by atoms with Gasteiger partial charge in [-0.3, -0.25) is 0 Å². The van der Waals surface area contributed by atoms with E-state index < -0.39 is 5.60 Å². The number of carbonyl (C=O) groups is 1. The van der Waals surface area contributed by atoms with E-state index in [1.807, 2.05) is 13.8 Å². The van der Waals surface area contributed by atoms with Gasteiger partial charge in [0.25, 0.3) is 0 Å². The zero-order chi connectivity index (χ0) is 13.3. The number of hydrogen-bond donors (Lipinski definition) is 1. The Bertz CT molecular complexity index is 458. The molecule has 0 spiro atoms. The number of aliphatic hydroxyl groups is 1. The molecular weight excluding hydrogens is 235 g/mol. The van der Waals surface area contributed by atoms with Crippen molar-refractivity contribution in [2.45, 2.75) is 31.8 Å². The average molecular weight is 252 g/mol. The number of ether oxygens (including phenoxy) is 1. The highest BCUT2D eigenvalue weighted by Crippen LogP contribution is 2.45. The SMILES string of the molecule is CC(C)C1c2ccc(F)cc2OCC1(O)CC=O. The molecule has 0 amide bonds. The summed E-state index contributed by atoms with van der Waals surface area (Å²) in [5.74, 6) is -0.00327. The Morgan fingerprint density at radius 1 is 1.61 bits per heavy atom. The van der Waals surface area contributed by atoms with Crippen LogP contribution in [-0.4, -0.2) is 23.6 Å². The Morgan fingerprint density at radius 2 is 2.33 bits per heavy atom. The lowest BCUT2D eigenvalue weighted by atomic mass is 9.72. The molecule has 0 fully saturated rings. The first-order valence-electron chi connectivity index (χ1n) is 6.06. The Labute approximate surface area is 106 Å². The third-order valence-electron chi connectivity index (χ3n) is 3.47. The second-order valence-corrected chi connectivity index (χ2v) is 5.17. The summed E-state index contributed by atoms with van der Waals surface area (Å²) in [6, 6.07) is 4.31. The van der Waals surface area contributed by atoms with E-state index in [4.69, 9.17) is 4.74 Å². The van der Waals surface area contributed by atoms with Crippen LogP contribution in [0.4, 0.5) is 4.39 Å². The van der Waals surface area contributed by atoms with Crippen molar-refractivity contribution >= 4 is 6.29 Å². The highest BCUT2D eigenvalue weighted by molar-refractivity contribution is 5.53. The molecule has 2 atom stereocenters. The van der Waals surface area contributed by atoms with Crippen LogP contribution in [0.1, 0.15) is 31.7 Å². The molecule has 1 aromatic carbocycles. The van der Waals surface area contributed by atoms with Crippen LogP contribution in [0.15, 0.2) is 18.2 Å². The summed E-state index contributed by atoms with van der Waals surface area (Å²) >= 11 is 0. The fourth-order valence-corrected chi connectivity index (χ4v) is 2.78. The largest absolute Gasteiger partial charge is 0.490 e. The van der Waals surface area contributed by atoms with Gasteiger partial charge in [0.05, 0.1) is 0 Å². The Morgan fingerprint density at radius 3 is 2.94 bits per heavy atom. The number of rotatable bonds is 3. The van der Waals surface area contributed by atoms with Crippen molar-refractivity contribution in [1.29, 1.82) is 0 Å². The third-order valence-corrected chi connectivity index (χ3v) is 3.47. The molecule has 0 bridgehead atoms. The Hall–Kier alpha value is -1.42. The van der Waals surface area contributed by atoms with E-state index in [0.29, 0.717) is 12.0 Å². The fraction of sp³-hybridized carbons (Fsp3) is 0.500. The molecule has 0 aromatic heterocycles. The number of hydrogen-bond acceptors (Lipinski definition) is 3. The summed E-state index contributed by atoms with van der Waals surface area (Å²) in [6.45, 7) is 3.96. The average Bonchev–Trinajstić information content (AvgIpc) is 2.29. The van der Waals surface area contributed by atoms with Gasteiger partial charge in [0, 0.05) is 24.0 Å². The summed E-state index contributed by atoms with van der Waals surface area (Å²) in [5, 5.41) is 10.6. The zero-order valence-electron chi connectivity index (χ0n) is 10.5. The van der Waals surface area contributed by atoms with Crippen LogP contribution in [0.25, 0.3) is 0 Å². The second kappa shape index (κ2) is 4.69. The maximum atomic E-state index is 13.2. The van der Waals surface area contributed by atoms with Crippen molar-refractivity contribution < 1.29 is 19.0 Å². The highest BCUT2D eigenvalue weighted by atomic mass is 19.1. The predicted octanol–water partition coefficient (Wildman–Crippen LogP) is 2.28. The first-order valence-corrected chi connectivity index (χ1v) is 6.06. The molecule has 0 saturated heterocycles. The maximum Gasteiger partial charge on any atom is 0.126 e. The van der Waals surface area contributed by atoms with Crippen LogP contribution < -0.4 is 4.74 Å². The lowest BCUT2D eigenvalue weighted by Crippen LogP contribution is -2.47. The van der Waals surface area contributed by atoms with Crippen LogP contribution in [0, 0.1) is 11.7 Å². The van der Waals surface area contributed by atoms with E-state index in [1.165, 1.54) is 12.1 Å². The summed E-state index contributed by atoms with van der Waals surface area (Å²) in [7, 11) is 0. The first-order chi connectivity index (χ1) is 8.48. The standard InChI is InChI=1S/C14H17FO3/c1-9(2)13-11-4-3-10(15)7-12(11)18-8-14(13,17)5-6-16/h3-4,6-7,9,13,17H,5,8H2,1-2H3. The third kappa shape index (κ3) is 2.12.